The lowest BCUT2D eigenvalue weighted by molar-refractivity contribution is -0.128. The highest BCUT2D eigenvalue weighted by molar-refractivity contribution is 6.02. The Balaban J connectivity index is 0.000000815. The lowest BCUT2D eigenvalue weighted by Gasteiger charge is -2.30. The highest BCUT2D eigenvalue weighted by Gasteiger charge is 2.33. The summed E-state index contributed by atoms with van der Waals surface area (Å²) in [5.41, 5.74) is 5.27. The van der Waals surface area contributed by atoms with Gasteiger partial charge in [0.25, 0.3) is 0 Å². The Hall–Kier alpha value is -2.68. The number of aryl methyl sites for hydroxylation is 1. The maximum absolute atomic E-state index is 13.4. The van der Waals surface area contributed by atoms with E-state index in [4.69, 9.17) is 4.99 Å². The Bertz CT molecular complexity index is 1040. The molecule has 1 aromatic rings. The van der Waals surface area contributed by atoms with Gasteiger partial charge in [-0.2, -0.15) is 0 Å². The van der Waals surface area contributed by atoms with E-state index in [1.54, 1.807) is 0 Å². The monoisotopic (exact) mass is 589 g/mol. The molecule has 2 saturated carbocycles. The van der Waals surface area contributed by atoms with Crippen LogP contribution in [0.5, 0.6) is 0 Å². The van der Waals surface area contributed by atoms with Crippen LogP contribution in [0.4, 0.5) is 0 Å². The Morgan fingerprint density at radius 3 is 2.09 bits per heavy atom. The molecule has 1 heterocycles. The number of benzene rings is 1. The van der Waals surface area contributed by atoms with Gasteiger partial charge in [0.1, 0.15) is 5.78 Å². The van der Waals surface area contributed by atoms with Gasteiger partial charge in [-0.3, -0.25) is 9.79 Å². The fourth-order valence-corrected chi connectivity index (χ4v) is 6.57. The van der Waals surface area contributed by atoms with E-state index in [1.165, 1.54) is 41.7 Å². The standard InChI is InChI=1S/C30H42N2O.C7H12.C2H6.CH4/c1-22-7-11-26(12-8-22)29(31-2)25-5-4-6-27(16-15-25)30(33)28-13-9-23(10-14-28)21-24-17-19-32(3)20-18-24;1-4-6-7(3)5-2;1-2;/h7-8,11-12,17-19,23,25,27-28H,4-6,9-10,13-16,20-21H2,1-3H3;4-5,7H,1-2,6H2,3H3;1-2H3;1H4. The fraction of sp³-hybridized carbons (Fsp3) is 0.600. The van der Waals surface area contributed by atoms with Gasteiger partial charge in [0.05, 0.1) is 0 Å². The fourth-order valence-electron chi connectivity index (χ4n) is 6.57. The third-order valence-corrected chi connectivity index (χ3v) is 9.24. The highest BCUT2D eigenvalue weighted by atomic mass is 16.1. The Kier molecular flexibility index (Phi) is 18.8. The molecule has 3 unspecified atom stereocenters. The molecule has 240 valence electrons. The minimum absolute atomic E-state index is 0. The van der Waals surface area contributed by atoms with Crippen molar-refractivity contribution in [3.63, 3.8) is 0 Å². The number of carbonyl (C=O) groups is 1. The largest absolute Gasteiger partial charge is 0.377 e. The summed E-state index contributed by atoms with van der Waals surface area (Å²) in [6.45, 7) is 16.5. The number of rotatable bonds is 9. The van der Waals surface area contributed by atoms with Crippen LogP contribution in [0.2, 0.25) is 0 Å². The predicted octanol–water partition coefficient (Wildman–Crippen LogP) is 10.8. The number of hydrogen-bond donors (Lipinski definition) is 0. The lowest BCUT2D eigenvalue weighted by Crippen LogP contribution is -2.28. The van der Waals surface area contributed by atoms with E-state index < -0.39 is 0 Å². The third kappa shape index (κ3) is 12.8. The van der Waals surface area contributed by atoms with E-state index in [1.807, 2.05) is 33.0 Å². The van der Waals surface area contributed by atoms with Crippen LogP contribution in [-0.2, 0) is 4.79 Å². The molecule has 3 atom stereocenters. The first-order valence-corrected chi connectivity index (χ1v) is 16.7. The summed E-state index contributed by atoms with van der Waals surface area (Å²) in [5, 5.41) is 0. The molecule has 0 aromatic heterocycles. The second-order valence-corrected chi connectivity index (χ2v) is 12.5. The SMILES string of the molecule is C.C=CCC(C)C=C.CC.CN=C(c1ccc(C)cc1)C1CCCC(C(=O)C2CCC(CC3=CCN(C)C=C3)CC2)CC1. The zero-order valence-corrected chi connectivity index (χ0v) is 27.8. The molecule has 2 aliphatic carbocycles. The number of Topliss-reactive ketones (excluding diaryl/α,β-unsaturated/α-hetero) is 1. The van der Waals surface area contributed by atoms with Crippen molar-refractivity contribution in [2.45, 2.75) is 106 Å². The molecule has 0 N–H and O–H groups in total. The molecule has 43 heavy (non-hydrogen) atoms. The van der Waals surface area contributed by atoms with Crippen LogP contribution in [0, 0.1) is 36.5 Å². The van der Waals surface area contributed by atoms with Crippen molar-refractivity contribution in [1.29, 1.82) is 0 Å². The average Bonchev–Trinajstić information content (AvgIpc) is 3.27. The molecule has 3 nitrogen and oxygen atoms in total. The van der Waals surface area contributed by atoms with Crippen molar-refractivity contribution < 1.29 is 4.79 Å². The summed E-state index contributed by atoms with van der Waals surface area (Å²) < 4.78 is 0. The van der Waals surface area contributed by atoms with Crippen molar-refractivity contribution in [3.05, 3.63) is 84.6 Å². The number of allylic oxidation sites excluding steroid dienone is 4. The molecule has 3 aliphatic rings. The van der Waals surface area contributed by atoms with E-state index in [-0.39, 0.29) is 13.3 Å². The van der Waals surface area contributed by atoms with Crippen LogP contribution in [0.25, 0.3) is 0 Å². The quantitative estimate of drug-likeness (QED) is 0.163. The van der Waals surface area contributed by atoms with E-state index >= 15 is 0 Å². The molecule has 0 amide bonds. The smallest absolute Gasteiger partial charge is 0.139 e. The Morgan fingerprint density at radius 1 is 0.977 bits per heavy atom. The first-order valence-electron chi connectivity index (χ1n) is 16.7. The summed E-state index contributed by atoms with van der Waals surface area (Å²) in [4.78, 5) is 20.3. The number of aliphatic imine (C=N–C) groups is 1. The average molecular weight is 589 g/mol. The second-order valence-electron chi connectivity index (χ2n) is 12.5. The summed E-state index contributed by atoms with van der Waals surface area (Å²) in [5.74, 6) is 3.00. The van der Waals surface area contributed by atoms with E-state index in [0.717, 1.165) is 63.8 Å². The second kappa shape index (κ2) is 21.1. The number of nitrogens with zero attached hydrogens (tertiary/aromatic N) is 2. The van der Waals surface area contributed by atoms with Crippen LogP contribution in [0.15, 0.2) is 78.5 Å². The molecule has 4 rings (SSSR count). The van der Waals surface area contributed by atoms with Crippen molar-refractivity contribution in [1.82, 2.24) is 4.90 Å². The molecule has 2 fully saturated rings. The molecule has 3 heteroatoms. The van der Waals surface area contributed by atoms with Gasteiger partial charge in [-0.05, 0) is 106 Å². The lowest BCUT2D eigenvalue weighted by atomic mass is 9.74. The van der Waals surface area contributed by atoms with E-state index in [2.05, 4.69) is 81.6 Å². The van der Waals surface area contributed by atoms with Crippen molar-refractivity contribution in [3.8, 4) is 0 Å². The van der Waals surface area contributed by atoms with Gasteiger partial charge in [-0.25, -0.2) is 0 Å². The molecular weight excluding hydrogens is 524 g/mol. The van der Waals surface area contributed by atoms with Crippen LogP contribution < -0.4 is 0 Å². The van der Waals surface area contributed by atoms with Crippen LogP contribution in [0.1, 0.15) is 110 Å². The molecule has 1 aliphatic heterocycles. The normalized spacial score (nSPS) is 24.4. The summed E-state index contributed by atoms with van der Waals surface area (Å²) in [6.07, 6.45) is 23.1. The Labute approximate surface area is 266 Å². The van der Waals surface area contributed by atoms with Gasteiger partial charge in [-0.15, -0.1) is 13.2 Å². The number of carbonyl (C=O) groups excluding carboxylic acids is 1. The zero-order chi connectivity index (χ0) is 30.9. The molecule has 1 aromatic carbocycles. The van der Waals surface area contributed by atoms with E-state index in [0.29, 0.717) is 23.5 Å². The number of ketones is 1. The number of likely N-dealkylation sites (N-methyl/N-ethyl adjacent to an activating group) is 1. The molecular formula is C40H64N2O. The van der Waals surface area contributed by atoms with Crippen molar-refractivity contribution in [2.75, 3.05) is 20.6 Å². The first-order chi connectivity index (χ1) is 20.3. The third-order valence-electron chi connectivity index (χ3n) is 9.24. The van der Waals surface area contributed by atoms with Crippen molar-refractivity contribution >= 4 is 11.5 Å². The van der Waals surface area contributed by atoms with Crippen LogP contribution in [0.3, 0.4) is 0 Å². The van der Waals surface area contributed by atoms with Gasteiger partial charge < -0.3 is 4.90 Å². The minimum Gasteiger partial charge on any atom is -0.377 e. The van der Waals surface area contributed by atoms with Gasteiger partial charge in [0, 0.05) is 44.1 Å². The van der Waals surface area contributed by atoms with Gasteiger partial charge in [-0.1, -0.05) is 82.7 Å². The predicted molar refractivity (Wildman–Crippen MR) is 191 cm³/mol. The van der Waals surface area contributed by atoms with Crippen LogP contribution >= 0.6 is 0 Å². The minimum atomic E-state index is 0. The Morgan fingerprint density at radius 2 is 1.56 bits per heavy atom. The van der Waals surface area contributed by atoms with Gasteiger partial charge >= 0.3 is 0 Å². The maximum atomic E-state index is 13.4. The highest BCUT2D eigenvalue weighted by Crippen LogP contribution is 2.38. The molecule has 0 spiro atoms. The summed E-state index contributed by atoms with van der Waals surface area (Å²) in [6, 6.07) is 8.78. The van der Waals surface area contributed by atoms with E-state index in [9.17, 15) is 4.79 Å². The maximum Gasteiger partial charge on any atom is 0.139 e. The molecule has 0 saturated heterocycles. The van der Waals surface area contributed by atoms with Gasteiger partial charge in [0.2, 0.25) is 0 Å². The van der Waals surface area contributed by atoms with Crippen molar-refractivity contribution in [2.24, 2.45) is 34.6 Å². The van der Waals surface area contributed by atoms with Crippen LogP contribution in [-0.4, -0.2) is 37.0 Å². The summed E-state index contributed by atoms with van der Waals surface area (Å²) in [7, 11) is 4.05. The molecule has 0 radical (unpaired) electrons. The summed E-state index contributed by atoms with van der Waals surface area (Å²) >= 11 is 0. The zero-order valence-electron chi connectivity index (χ0n) is 27.8. The van der Waals surface area contributed by atoms with Gasteiger partial charge in [0.15, 0.2) is 0 Å². The molecule has 0 bridgehead atoms. The number of hydrogen-bond acceptors (Lipinski definition) is 3. The topological polar surface area (TPSA) is 32.7 Å². The first kappa shape index (κ1) is 38.3.